The smallest absolute Gasteiger partial charge is 0.325 e. The number of fused-ring (bicyclic) bond motifs is 2. The van der Waals surface area contributed by atoms with Crippen LogP contribution in [0.4, 0.5) is 16.4 Å². The predicted octanol–water partition coefficient (Wildman–Crippen LogP) is 2.66. The highest BCUT2D eigenvalue weighted by Gasteiger charge is 2.52. The van der Waals surface area contributed by atoms with Crippen LogP contribution in [-0.2, 0) is 15.1 Å². The molecule has 4 amide bonds. The molecule has 0 saturated carbocycles. The minimum absolute atomic E-state index is 0.364. The molecule has 34 heavy (non-hydrogen) atoms. The molecule has 0 spiro atoms. The fraction of sp³-hybridized carbons (Fsp3) is 0.320. The van der Waals surface area contributed by atoms with E-state index in [1.165, 1.54) is 0 Å². The lowest BCUT2D eigenvalue weighted by Gasteiger charge is -2.26. The first-order chi connectivity index (χ1) is 16.4. The van der Waals surface area contributed by atoms with Gasteiger partial charge in [-0.05, 0) is 30.5 Å². The molecule has 9 heteroatoms. The van der Waals surface area contributed by atoms with Gasteiger partial charge in [-0.25, -0.2) is 14.8 Å². The van der Waals surface area contributed by atoms with Crippen LogP contribution < -0.4 is 15.1 Å². The Morgan fingerprint density at radius 1 is 0.971 bits per heavy atom. The molecule has 1 aromatic heterocycles. The molecule has 9 nitrogen and oxygen atoms in total. The van der Waals surface area contributed by atoms with E-state index < -0.39 is 17.5 Å². The summed E-state index contributed by atoms with van der Waals surface area (Å²) in [6, 6.07) is 16.1. The summed E-state index contributed by atoms with van der Waals surface area (Å²) in [6.07, 6.45) is 1.08. The van der Waals surface area contributed by atoms with Gasteiger partial charge in [0.15, 0.2) is 11.6 Å². The van der Waals surface area contributed by atoms with Gasteiger partial charge in [0, 0.05) is 20.1 Å². The van der Waals surface area contributed by atoms with E-state index in [1.807, 2.05) is 73.5 Å². The molecule has 2 aliphatic heterocycles. The minimum Gasteiger partial charge on any atom is -0.357 e. The Labute approximate surface area is 197 Å². The third kappa shape index (κ3) is 3.44. The number of nitrogens with one attached hydrogen (secondary N) is 1. The van der Waals surface area contributed by atoms with Crippen LogP contribution in [0.1, 0.15) is 25.3 Å². The number of hydrogen-bond acceptors (Lipinski definition) is 6. The number of para-hydroxylation sites is 2. The van der Waals surface area contributed by atoms with Crippen molar-refractivity contribution in [2.75, 3.05) is 36.5 Å². The first-order valence-electron chi connectivity index (χ1n) is 11.4. The summed E-state index contributed by atoms with van der Waals surface area (Å²) < 4.78 is 0. The number of amides is 4. The van der Waals surface area contributed by atoms with E-state index in [0.717, 1.165) is 10.4 Å². The molecule has 174 valence electrons. The summed E-state index contributed by atoms with van der Waals surface area (Å²) in [5.74, 6) is 0.260. The van der Waals surface area contributed by atoms with Crippen LogP contribution in [0.25, 0.3) is 11.0 Å². The van der Waals surface area contributed by atoms with Gasteiger partial charge in [-0.2, -0.15) is 0 Å². The summed E-state index contributed by atoms with van der Waals surface area (Å²) >= 11 is 0. The van der Waals surface area contributed by atoms with Crippen LogP contribution in [0.3, 0.4) is 0 Å². The van der Waals surface area contributed by atoms with Crippen molar-refractivity contribution in [2.24, 2.45) is 0 Å². The fourth-order valence-corrected chi connectivity index (χ4v) is 4.69. The second-order valence-corrected chi connectivity index (χ2v) is 8.63. The van der Waals surface area contributed by atoms with Gasteiger partial charge in [-0.3, -0.25) is 19.4 Å². The minimum atomic E-state index is -1.18. The molecule has 1 atom stereocenters. The number of anilines is 2. The molecule has 0 radical (unpaired) electrons. The molecular weight excluding hydrogens is 432 g/mol. The van der Waals surface area contributed by atoms with Crippen molar-refractivity contribution in [2.45, 2.75) is 25.3 Å². The van der Waals surface area contributed by atoms with Crippen LogP contribution in [0.5, 0.6) is 0 Å². The molecule has 1 N–H and O–H groups in total. The number of benzene rings is 2. The Hall–Kier alpha value is -4.01. The third-order valence-corrected chi connectivity index (χ3v) is 6.59. The highest BCUT2D eigenvalue weighted by Crippen LogP contribution is 2.33. The second-order valence-electron chi connectivity index (χ2n) is 8.63. The van der Waals surface area contributed by atoms with Crippen molar-refractivity contribution >= 4 is 40.5 Å². The van der Waals surface area contributed by atoms with Crippen molar-refractivity contribution in [3.05, 3.63) is 60.2 Å². The fourth-order valence-electron chi connectivity index (χ4n) is 4.69. The molecule has 5 rings (SSSR count). The van der Waals surface area contributed by atoms with Gasteiger partial charge in [0.1, 0.15) is 12.1 Å². The number of aromatic nitrogens is 2. The van der Waals surface area contributed by atoms with Gasteiger partial charge in [0.2, 0.25) is 5.91 Å². The van der Waals surface area contributed by atoms with Gasteiger partial charge < -0.3 is 10.2 Å². The number of nitrogens with zero attached hydrogens (tertiary/aromatic N) is 5. The van der Waals surface area contributed by atoms with Crippen molar-refractivity contribution in [3.8, 4) is 0 Å². The Morgan fingerprint density at radius 2 is 1.62 bits per heavy atom. The van der Waals surface area contributed by atoms with E-state index in [1.54, 1.807) is 4.90 Å². The summed E-state index contributed by atoms with van der Waals surface area (Å²) in [6.45, 7) is 2.61. The van der Waals surface area contributed by atoms with Gasteiger partial charge in [0.05, 0.1) is 11.0 Å². The Bertz CT molecular complexity index is 1280. The zero-order valence-corrected chi connectivity index (χ0v) is 19.2. The SMILES string of the molecule is CC[C@]1(c2ccccc2)NC(=O)N(CC(=O)N2CCCN(C)c3nc4ccccc4nc32)C1=O. The number of rotatable bonds is 4. The summed E-state index contributed by atoms with van der Waals surface area (Å²) in [5.41, 5.74) is 0.946. The molecule has 3 heterocycles. The normalized spacial score (nSPS) is 20.4. The third-order valence-electron chi connectivity index (χ3n) is 6.59. The highest BCUT2D eigenvalue weighted by molar-refractivity contribution is 6.11. The molecule has 0 unspecified atom stereocenters. The molecular formula is C25H26N6O3. The quantitative estimate of drug-likeness (QED) is 0.604. The maximum Gasteiger partial charge on any atom is 0.325 e. The van der Waals surface area contributed by atoms with E-state index in [-0.39, 0.29) is 12.5 Å². The largest absolute Gasteiger partial charge is 0.357 e. The number of carbonyl (C=O) groups excluding carboxylic acids is 3. The predicted molar refractivity (Wildman–Crippen MR) is 128 cm³/mol. The molecule has 2 aromatic carbocycles. The van der Waals surface area contributed by atoms with Crippen LogP contribution in [-0.4, -0.2) is 59.4 Å². The van der Waals surface area contributed by atoms with Crippen LogP contribution >= 0.6 is 0 Å². The van der Waals surface area contributed by atoms with Crippen LogP contribution in [0.15, 0.2) is 54.6 Å². The van der Waals surface area contributed by atoms with E-state index >= 15 is 0 Å². The lowest BCUT2D eigenvalue weighted by Crippen LogP contribution is -2.46. The van der Waals surface area contributed by atoms with E-state index in [9.17, 15) is 14.4 Å². The lowest BCUT2D eigenvalue weighted by atomic mass is 9.87. The summed E-state index contributed by atoms with van der Waals surface area (Å²) in [7, 11) is 1.92. The average molecular weight is 459 g/mol. The lowest BCUT2D eigenvalue weighted by molar-refractivity contribution is -0.134. The molecule has 1 fully saturated rings. The number of hydrogen-bond donors (Lipinski definition) is 1. The first kappa shape index (κ1) is 21.8. The molecule has 0 aliphatic carbocycles. The van der Waals surface area contributed by atoms with Crippen molar-refractivity contribution < 1.29 is 14.4 Å². The molecule has 0 bridgehead atoms. The zero-order chi connectivity index (χ0) is 23.9. The van der Waals surface area contributed by atoms with Crippen LogP contribution in [0.2, 0.25) is 0 Å². The van der Waals surface area contributed by atoms with Crippen molar-refractivity contribution in [1.82, 2.24) is 20.2 Å². The van der Waals surface area contributed by atoms with Gasteiger partial charge in [-0.15, -0.1) is 0 Å². The van der Waals surface area contributed by atoms with Gasteiger partial charge in [-0.1, -0.05) is 49.4 Å². The monoisotopic (exact) mass is 458 g/mol. The summed E-state index contributed by atoms with van der Waals surface area (Å²) in [5, 5.41) is 2.83. The topological polar surface area (TPSA) is 98.7 Å². The Morgan fingerprint density at radius 3 is 2.29 bits per heavy atom. The van der Waals surface area contributed by atoms with Gasteiger partial charge in [0.25, 0.3) is 5.91 Å². The average Bonchev–Trinajstić information content (AvgIpc) is 2.99. The molecule has 2 aliphatic rings. The zero-order valence-electron chi connectivity index (χ0n) is 19.2. The van der Waals surface area contributed by atoms with Gasteiger partial charge >= 0.3 is 6.03 Å². The Kier molecular flexibility index (Phi) is 5.39. The maximum atomic E-state index is 13.5. The van der Waals surface area contributed by atoms with E-state index in [4.69, 9.17) is 9.97 Å². The standard InChI is InChI=1S/C25H26N6O3/c1-3-25(17-10-5-4-6-11-17)23(33)31(24(34)28-25)16-20(32)30-15-9-14-29(2)21-22(30)27-19-13-8-7-12-18(19)26-21/h4-8,10-13H,3,9,14-16H2,1-2H3,(H,28,34)/t25-/m1/s1. The summed E-state index contributed by atoms with van der Waals surface area (Å²) in [4.78, 5) is 53.9. The Balaban J connectivity index is 1.47. The van der Waals surface area contributed by atoms with Crippen molar-refractivity contribution in [1.29, 1.82) is 0 Å². The molecule has 3 aromatic rings. The highest BCUT2D eigenvalue weighted by atomic mass is 16.2. The number of urea groups is 1. The van der Waals surface area contributed by atoms with Crippen molar-refractivity contribution in [3.63, 3.8) is 0 Å². The number of imide groups is 1. The maximum absolute atomic E-state index is 13.5. The molecule has 1 saturated heterocycles. The second kappa shape index (κ2) is 8.40. The number of carbonyl (C=O) groups is 3. The van der Waals surface area contributed by atoms with Crippen LogP contribution in [0, 0.1) is 0 Å². The van der Waals surface area contributed by atoms with E-state index in [0.29, 0.717) is 48.6 Å². The van der Waals surface area contributed by atoms with E-state index in [2.05, 4.69) is 5.32 Å². The first-order valence-corrected chi connectivity index (χ1v) is 11.4.